The predicted molar refractivity (Wildman–Crippen MR) is 83.7 cm³/mol. The quantitative estimate of drug-likeness (QED) is 0.870. The van der Waals surface area contributed by atoms with Crippen molar-refractivity contribution < 1.29 is 0 Å². The first kappa shape index (κ1) is 15.5. The zero-order valence-corrected chi connectivity index (χ0v) is 13.7. The zero-order valence-electron chi connectivity index (χ0n) is 13.7. The van der Waals surface area contributed by atoms with E-state index in [1.165, 1.54) is 18.5 Å². The van der Waals surface area contributed by atoms with Crippen molar-refractivity contribution in [1.29, 1.82) is 0 Å². The lowest BCUT2D eigenvalue weighted by atomic mass is 9.79. The third-order valence-corrected chi connectivity index (χ3v) is 4.03. The molecule has 1 aliphatic heterocycles. The summed E-state index contributed by atoms with van der Waals surface area (Å²) in [6.07, 6.45) is 7.41. The van der Waals surface area contributed by atoms with E-state index in [0.717, 1.165) is 19.5 Å². The summed E-state index contributed by atoms with van der Waals surface area (Å²) in [5.74, 6) is 0. The molecular weight excluding hydrogens is 248 g/mol. The van der Waals surface area contributed by atoms with Gasteiger partial charge in [0.05, 0.1) is 12.0 Å². The van der Waals surface area contributed by atoms with Crippen LogP contribution in [0.25, 0.3) is 0 Å². The van der Waals surface area contributed by atoms with Gasteiger partial charge < -0.3 is 15.2 Å². The summed E-state index contributed by atoms with van der Waals surface area (Å²) in [6, 6.07) is 0.561. The SMILES string of the molecule is CCCn1cncc1CNC1CC(C)(C)NC(C)(C)C1. The minimum absolute atomic E-state index is 0.197. The summed E-state index contributed by atoms with van der Waals surface area (Å²) in [5, 5.41) is 7.46. The molecule has 1 aliphatic rings. The standard InChI is InChI=1S/C16H30N4/c1-6-7-20-12-17-10-14(20)11-18-13-8-15(2,3)19-16(4,5)9-13/h10,12-13,18-19H,6-9,11H2,1-5H3. The van der Waals surface area contributed by atoms with Crippen molar-refractivity contribution in [2.24, 2.45) is 0 Å². The Morgan fingerprint density at radius 3 is 2.55 bits per heavy atom. The molecule has 2 N–H and O–H groups in total. The van der Waals surface area contributed by atoms with E-state index in [2.05, 4.69) is 54.8 Å². The summed E-state index contributed by atoms with van der Waals surface area (Å²) in [5.41, 5.74) is 1.69. The van der Waals surface area contributed by atoms with Crippen molar-refractivity contribution >= 4 is 0 Å². The van der Waals surface area contributed by atoms with Crippen LogP contribution in [0.15, 0.2) is 12.5 Å². The van der Waals surface area contributed by atoms with Crippen LogP contribution in [0.5, 0.6) is 0 Å². The third-order valence-electron chi connectivity index (χ3n) is 4.03. The molecule has 0 aliphatic carbocycles. The molecule has 1 aromatic heterocycles. The molecule has 2 rings (SSSR count). The van der Waals surface area contributed by atoms with Crippen molar-refractivity contribution in [3.8, 4) is 0 Å². The summed E-state index contributed by atoms with van der Waals surface area (Å²) < 4.78 is 2.25. The van der Waals surface area contributed by atoms with E-state index in [9.17, 15) is 0 Å². The fraction of sp³-hybridized carbons (Fsp3) is 0.812. The molecule has 4 nitrogen and oxygen atoms in total. The number of aromatic nitrogens is 2. The predicted octanol–water partition coefficient (Wildman–Crippen LogP) is 2.69. The molecule has 0 spiro atoms. The van der Waals surface area contributed by atoms with Crippen LogP contribution < -0.4 is 10.6 Å². The third kappa shape index (κ3) is 4.06. The van der Waals surface area contributed by atoms with Gasteiger partial charge in [-0.2, -0.15) is 0 Å². The Bertz CT molecular complexity index is 417. The highest BCUT2D eigenvalue weighted by Crippen LogP contribution is 2.28. The smallest absolute Gasteiger partial charge is 0.0948 e. The van der Waals surface area contributed by atoms with Crippen LogP contribution in [0.1, 0.15) is 59.6 Å². The molecular formula is C16H30N4. The van der Waals surface area contributed by atoms with Gasteiger partial charge in [0.25, 0.3) is 0 Å². The molecule has 1 saturated heterocycles. The second-order valence-electron chi connectivity index (χ2n) is 7.46. The maximum atomic E-state index is 4.27. The highest BCUT2D eigenvalue weighted by atomic mass is 15.1. The average Bonchev–Trinajstić information content (AvgIpc) is 2.70. The minimum Gasteiger partial charge on any atom is -0.333 e. The lowest BCUT2D eigenvalue weighted by Crippen LogP contribution is -2.61. The first-order valence-corrected chi connectivity index (χ1v) is 7.83. The molecule has 4 heteroatoms. The van der Waals surface area contributed by atoms with Crippen molar-refractivity contribution in [3.05, 3.63) is 18.2 Å². The molecule has 0 saturated carbocycles. The Labute approximate surface area is 123 Å². The molecule has 0 amide bonds. The first-order chi connectivity index (χ1) is 9.31. The van der Waals surface area contributed by atoms with Gasteiger partial charge in [-0.05, 0) is 47.0 Å². The summed E-state index contributed by atoms with van der Waals surface area (Å²) in [6.45, 7) is 13.4. The number of imidazole rings is 1. The number of nitrogens with one attached hydrogen (secondary N) is 2. The van der Waals surface area contributed by atoms with E-state index in [4.69, 9.17) is 0 Å². The van der Waals surface area contributed by atoms with Crippen molar-refractivity contribution in [2.75, 3.05) is 0 Å². The number of hydrogen-bond donors (Lipinski definition) is 2. The van der Waals surface area contributed by atoms with Gasteiger partial charge in [0.15, 0.2) is 0 Å². The van der Waals surface area contributed by atoms with Gasteiger partial charge >= 0.3 is 0 Å². The Hall–Kier alpha value is -0.870. The molecule has 0 unspecified atom stereocenters. The van der Waals surface area contributed by atoms with Crippen LogP contribution in [-0.2, 0) is 13.1 Å². The molecule has 2 heterocycles. The Kier molecular flexibility index (Phi) is 4.55. The lowest BCUT2D eigenvalue weighted by Gasteiger charge is -2.46. The van der Waals surface area contributed by atoms with Crippen molar-refractivity contribution in [3.63, 3.8) is 0 Å². The molecule has 1 fully saturated rings. The normalized spacial score (nSPS) is 22.1. The lowest BCUT2D eigenvalue weighted by molar-refractivity contribution is 0.145. The number of rotatable bonds is 5. The van der Waals surface area contributed by atoms with Crippen molar-refractivity contribution in [2.45, 2.75) is 84.1 Å². The van der Waals surface area contributed by atoms with Crippen LogP contribution in [0.4, 0.5) is 0 Å². The fourth-order valence-electron chi connectivity index (χ4n) is 3.65. The second kappa shape index (κ2) is 5.86. The van der Waals surface area contributed by atoms with Gasteiger partial charge in [-0.3, -0.25) is 0 Å². The molecule has 114 valence electrons. The number of nitrogens with zero attached hydrogens (tertiary/aromatic N) is 2. The minimum atomic E-state index is 0.197. The number of aryl methyl sites for hydroxylation is 1. The van der Waals surface area contributed by atoms with E-state index >= 15 is 0 Å². The van der Waals surface area contributed by atoms with Gasteiger partial charge in [0.1, 0.15) is 0 Å². The Balaban J connectivity index is 1.94. The van der Waals surface area contributed by atoms with Crippen LogP contribution in [0.3, 0.4) is 0 Å². The van der Waals surface area contributed by atoms with Crippen molar-refractivity contribution in [1.82, 2.24) is 20.2 Å². The molecule has 20 heavy (non-hydrogen) atoms. The summed E-state index contributed by atoms with van der Waals surface area (Å²) in [7, 11) is 0. The second-order valence-corrected chi connectivity index (χ2v) is 7.46. The Morgan fingerprint density at radius 2 is 1.95 bits per heavy atom. The monoisotopic (exact) mass is 278 g/mol. The van der Waals surface area contributed by atoms with Gasteiger partial charge in [0.2, 0.25) is 0 Å². The van der Waals surface area contributed by atoms with Crippen LogP contribution in [-0.4, -0.2) is 26.7 Å². The van der Waals surface area contributed by atoms with E-state index in [0.29, 0.717) is 6.04 Å². The molecule has 1 aromatic rings. The largest absolute Gasteiger partial charge is 0.333 e. The molecule has 0 bridgehead atoms. The van der Waals surface area contributed by atoms with E-state index in [1.807, 2.05) is 12.5 Å². The molecule has 0 aromatic carbocycles. The van der Waals surface area contributed by atoms with E-state index in [-0.39, 0.29) is 11.1 Å². The van der Waals surface area contributed by atoms with E-state index < -0.39 is 0 Å². The van der Waals surface area contributed by atoms with Gasteiger partial charge in [-0.15, -0.1) is 0 Å². The fourth-order valence-corrected chi connectivity index (χ4v) is 3.65. The van der Waals surface area contributed by atoms with Gasteiger partial charge in [0, 0.05) is 36.4 Å². The number of piperidine rings is 1. The molecule has 0 radical (unpaired) electrons. The van der Waals surface area contributed by atoms with E-state index in [1.54, 1.807) is 0 Å². The maximum absolute atomic E-state index is 4.27. The Morgan fingerprint density at radius 1 is 1.30 bits per heavy atom. The molecule has 0 atom stereocenters. The van der Waals surface area contributed by atoms with Gasteiger partial charge in [-0.25, -0.2) is 4.98 Å². The average molecular weight is 278 g/mol. The summed E-state index contributed by atoms with van der Waals surface area (Å²) in [4.78, 5) is 4.27. The zero-order chi connectivity index (χ0) is 14.8. The maximum Gasteiger partial charge on any atom is 0.0948 e. The van der Waals surface area contributed by atoms with Gasteiger partial charge in [-0.1, -0.05) is 6.92 Å². The number of hydrogen-bond acceptors (Lipinski definition) is 3. The highest BCUT2D eigenvalue weighted by Gasteiger charge is 2.37. The van der Waals surface area contributed by atoms with Crippen LogP contribution in [0.2, 0.25) is 0 Å². The van der Waals surface area contributed by atoms with Crippen LogP contribution >= 0.6 is 0 Å². The topological polar surface area (TPSA) is 41.9 Å². The summed E-state index contributed by atoms with van der Waals surface area (Å²) >= 11 is 0. The van der Waals surface area contributed by atoms with Crippen LogP contribution in [0, 0.1) is 0 Å². The first-order valence-electron chi connectivity index (χ1n) is 7.83. The highest BCUT2D eigenvalue weighted by molar-refractivity contribution is 5.02.